The molecule has 1 amide bonds. The number of carbonyl (C=O) groups is 1. The molecule has 1 N–H and O–H groups in total. The number of amides is 1. The second kappa shape index (κ2) is 8.31. The number of thiazole rings is 1. The van der Waals surface area contributed by atoms with Crippen LogP contribution in [0.1, 0.15) is 11.1 Å². The number of hydrogen-bond donors (Lipinski definition) is 1. The van der Waals surface area contributed by atoms with Crippen LogP contribution in [0.4, 0.5) is 5.13 Å². The lowest BCUT2D eigenvalue weighted by Crippen LogP contribution is -2.17. The lowest BCUT2D eigenvalue weighted by Gasteiger charge is -2.20. The third-order valence-corrected chi connectivity index (χ3v) is 5.44. The van der Waals surface area contributed by atoms with E-state index in [1.165, 1.54) is 11.3 Å². The minimum Gasteiger partial charge on any atom is -0.496 e. The van der Waals surface area contributed by atoms with Crippen molar-refractivity contribution < 1.29 is 19.0 Å². The average Bonchev–Trinajstić information content (AvgIpc) is 3.16. The molecule has 0 saturated heterocycles. The first-order chi connectivity index (χ1) is 14.0. The highest BCUT2D eigenvalue weighted by Gasteiger charge is 2.18. The summed E-state index contributed by atoms with van der Waals surface area (Å²) in [5.41, 5.74) is 3.50. The van der Waals surface area contributed by atoms with E-state index in [1.54, 1.807) is 19.2 Å². The highest BCUT2D eigenvalue weighted by molar-refractivity contribution is 7.14. The molecule has 1 aromatic heterocycles. The van der Waals surface area contributed by atoms with Crippen molar-refractivity contribution in [2.75, 3.05) is 25.6 Å². The topological polar surface area (TPSA) is 69.7 Å². The third-order valence-electron chi connectivity index (χ3n) is 4.40. The van der Waals surface area contributed by atoms with Crippen molar-refractivity contribution in [2.45, 2.75) is 13.3 Å². The number of nitrogens with zero attached hydrogens (tertiary/aromatic N) is 1. The molecule has 0 bridgehead atoms. The van der Waals surface area contributed by atoms with Crippen LogP contribution in [0.5, 0.6) is 17.2 Å². The molecule has 6 nitrogen and oxygen atoms in total. The Morgan fingerprint density at radius 2 is 2.10 bits per heavy atom. The summed E-state index contributed by atoms with van der Waals surface area (Å²) >= 11 is 7.61. The molecule has 4 rings (SSSR count). The molecule has 8 heteroatoms. The molecule has 0 saturated carbocycles. The summed E-state index contributed by atoms with van der Waals surface area (Å²) in [7, 11) is 1.63. The zero-order valence-electron chi connectivity index (χ0n) is 16.0. The van der Waals surface area contributed by atoms with Gasteiger partial charge in [-0.1, -0.05) is 23.2 Å². The summed E-state index contributed by atoms with van der Waals surface area (Å²) in [5, 5.41) is 5.70. The van der Waals surface area contributed by atoms with E-state index in [0.717, 1.165) is 28.1 Å². The van der Waals surface area contributed by atoms with Crippen molar-refractivity contribution in [1.29, 1.82) is 0 Å². The molecule has 29 heavy (non-hydrogen) atoms. The Balaban J connectivity index is 1.48. The van der Waals surface area contributed by atoms with Crippen molar-refractivity contribution in [3.05, 3.63) is 51.9 Å². The summed E-state index contributed by atoms with van der Waals surface area (Å²) in [6.07, 6.45) is 0.152. The van der Waals surface area contributed by atoms with Crippen molar-refractivity contribution >= 4 is 34.0 Å². The van der Waals surface area contributed by atoms with Crippen molar-refractivity contribution in [2.24, 2.45) is 0 Å². The predicted octanol–water partition coefficient (Wildman–Crippen LogP) is 4.73. The lowest BCUT2D eigenvalue weighted by molar-refractivity contribution is -0.115. The van der Waals surface area contributed by atoms with Crippen LogP contribution in [0.2, 0.25) is 5.02 Å². The smallest absolute Gasteiger partial charge is 0.230 e. The van der Waals surface area contributed by atoms with Crippen LogP contribution in [0.15, 0.2) is 35.7 Å². The molecule has 2 heterocycles. The third kappa shape index (κ3) is 4.31. The molecule has 1 aliphatic rings. The number of ether oxygens (including phenoxy) is 3. The first-order valence-electron chi connectivity index (χ1n) is 9.02. The molecule has 0 aliphatic carbocycles. The van der Waals surface area contributed by atoms with Crippen molar-refractivity contribution in [3.8, 4) is 28.5 Å². The maximum Gasteiger partial charge on any atom is 0.230 e. The van der Waals surface area contributed by atoms with Crippen LogP contribution in [0, 0.1) is 6.92 Å². The van der Waals surface area contributed by atoms with E-state index < -0.39 is 0 Å². The quantitative estimate of drug-likeness (QED) is 0.633. The van der Waals surface area contributed by atoms with Gasteiger partial charge in [0.2, 0.25) is 5.91 Å². The Bertz CT molecular complexity index is 1070. The van der Waals surface area contributed by atoms with E-state index in [0.29, 0.717) is 34.9 Å². The Morgan fingerprint density at radius 3 is 2.93 bits per heavy atom. The fraction of sp³-hybridized carbons (Fsp3) is 0.238. The standard InChI is InChI=1S/C21H19ClN2O4S/c1-12-3-4-17(26-2)14(7-12)16-11-29-21(23-16)24-19(25)10-13-8-15(22)20-18(9-13)27-5-6-28-20/h3-4,7-9,11H,5-6,10H2,1-2H3,(H,23,24,25). The number of benzene rings is 2. The summed E-state index contributed by atoms with van der Waals surface area (Å²) in [5.74, 6) is 1.65. The van der Waals surface area contributed by atoms with E-state index in [2.05, 4.69) is 10.3 Å². The lowest BCUT2D eigenvalue weighted by atomic mass is 10.1. The zero-order valence-corrected chi connectivity index (χ0v) is 17.5. The van der Waals surface area contributed by atoms with Gasteiger partial charge in [0, 0.05) is 10.9 Å². The molecule has 1 aliphatic heterocycles. The molecular weight excluding hydrogens is 412 g/mol. The van der Waals surface area contributed by atoms with Gasteiger partial charge >= 0.3 is 0 Å². The first kappa shape index (κ1) is 19.5. The number of fused-ring (bicyclic) bond motifs is 1. The number of carbonyl (C=O) groups excluding carboxylic acids is 1. The molecule has 150 valence electrons. The largest absolute Gasteiger partial charge is 0.496 e. The van der Waals surface area contributed by atoms with Crippen LogP contribution >= 0.6 is 22.9 Å². The van der Waals surface area contributed by atoms with E-state index in [4.69, 9.17) is 25.8 Å². The van der Waals surface area contributed by atoms with E-state index >= 15 is 0 Å². The van der Waals surface area contributed by atoms with E-state index in [1.807, 2.05) is 30.5 Å². The van der Waals surface area contributed by atoms with Gasteiger partial charge in [-0.25, -0.2) is 4.98 Å². The second-order valence-corrected chi connectivity index (χ2v) is 7.83. The highest BCUT2D eigenvalue weighted by atomic mass is 35.5. The monoisotopic (exact) mass is 430 g/mol. The number of methoxy groups -OCH3 is 1. The summed E-state index contributed by atoms with van der Waals surface area (Å²) in [4.78, 5) is 17.0. The van der Waals surface area contributed by atoms with Crippen LogP contribution in [-0.2, 0) is 11.2 Å². The van der Waals surface area contributed by atoms with Gasteiger partial charge in [0.05, 0.1) is 24.2 Å². The number of aromatic nitrogens is 1. The summed E-state index contributed by atoms with van der Waals surface area (Å²) in [6, 6.07) is 9.41. The zero-order chi connectivity index (χ0) is 20.4. The fourth-order valence-corrected chi connectivity index (χ4v) is 4.11. The first-order valence-corrected chi connectivity index (χ1v) is 10.3. The Labute approximate surface area is 177 Å². The van der Waals surface area contributed by atoms with Gasteiger partial charge in [0.15, 0.2) is 16.6 Å². The van der Waals surface area contributed by atoms with Crippen molar-refractivity contribution in [1.82, 2.24) is 4.98 Å². The number of rotatable bonds is 5. The Kier molecular flexibility index (Phi) is 5.60. The van der Waals surface area contributed by atoms with Gasteiger partial charge in [0.25, 0.3) is 0 Å². The van der Waals surface area contributed by atoms with Crippen LogP contribution in [0.3, 0.4) is 0 Å². The van der Waals surface area contributed by atoms with Gasteiger partial charge in [-0.3, -0.25) is 4.79 Å². The average molecular weight is 431 g/mol. The summed E-state index contributed by atoms with van der Waals surface area (Å²) < 4.78 is 16.5. The van der Waals surface area contributed by atoms with Gasteiger partial charge in [-0.2, -0.15) is 0 Å². The molecule has 0 unspecified atom stereocenters. The molecule has 2 aromatic carbocycles. The maximum absolute atomic E-state index is 12.5. The van der Waals surface area contributed by atoms with Crippen LogP contribution in [-0.4, -0.2) is 31.2 Å². The number of aryl methyl sites for hydroxylation is 1. The van der Waals surface area contributed by atoms with E-state index in [9.17, 15) is 4.79 Å². The normalized spacial score (nSPS) is 12.5. The molecule has 0 atom stereocenters. The van der Waals surface area contributed by atoms with Crippen molar-refractivity contribution in [3.63, 3.8) is 0 Å². The minimum atomic E-state index is -0.185. The number of halogens is 1. The second-order valence-electron chi connectivity index (χ2n) is 6.57. The van der Waals surface area contributed by atoms with Gasteiger partial charge in [-0.05, 0) is 36.8 Å². The minimum absolute atomic E-state index is 0.152. The maximum atomic E-state index is 12.5. The fourth-order valence-electron chi connectivity index (χ4n) is 3.09. The molecule has 0 fully saturated rings. The SMILES string of the molecule is COc1ccc(C)cc1-c1csc(NC(=O)Cc2cc(Cl)c3c(c2)OCCO3)n1. The van der Waals surface area contributed by atoms with Gasteiger partial charge in [-0.15, -0.1) is 11.3 Å². The van der Waals surface area contributed by atoms with Gasteiger partial charge in [0.1, 0.15) is 19.0 Å². The van der Waals surface area contributed by atoms with E-state index in [-0.39, 0.29) is 12.3 Å². The number of hydrogen-bond acceptors (Lipinski definition) is 6. The molecule has 0 radical (unpaired) electrons. The number of nitrogens with one attached hydrogen (secondary N) is 1. The van der Waals surface area contributed by atoms with Crippen LogP contribution in [0.25, 0.3) is 11.3 Å². The molecule has 3 aromatic rings. The van der Waals surface area contributed by atoms with Gasteiger partial charge < -0.3 is 19.5 Å². The Hall–Kier alpha value is -2.77. The summed E-state index contributed by atoms with van der Waals surface area (Å²) in [6.45, 7) is 2.93. The number of anilines is 1. The highest BCUT2D eigenvalue weighted by Crippen LogP contribution is 2.38. The molecular formula is C21H19ClN2O4S. The molecule has 0 spiro atoms. The van der Waals surface area contributed by atoms with Crippen LogP contribution < -0.4 is 19.5 Å². The predicted molar refractivity (Wildman–Crippen MR) is 114 cm³/mol. The Morgan fingerprint density at radius 1 is 1.28 bits per heavy atom.